The molecule has 0 spiro atoms. The summed E-state index contributed by atoms with van der Waals surface area (Å²) >= 11 is 0. The average molecular weight is 226 g/mol. The minimum Gasteiger partial charge on any atom is -0.468 e. The van der Waals surface area contributed by atoms with E-state index in [1.807, 2.05) is 0 Å². The van der Waals surface area contributed by atoms with Crippen molar-refractivity contribution < 1.29 is 23.9 Å². The maximum atomic E-state index is 11.5. The highest BCUT2D eigenvalue weighted by Gasteiger charge is 2.36. The first-order chi connectivity index (χ1) is 7.60. The molecule has 1 atom stereocenters. The lowest BCUT2D eigenvalue weighted by molar-refractivity contribution is -0.161. The van der Waals surface area contributed by atoms with Gasteiger partial charge < -0.3 is 9.47 Å². The van der Waals surface area contributed by atoms with Crippen molar-refractivity contribution in [3.63, 3.8) is 0 Å². The summed E-state index contributed by atoms with van der Waals surface area (Å²) in [6.45, 7) is 0. The highest BCUT2D eigenvalue weighted by Crippen LogP contribution is 2.25. The van der Waals surface area contributed by atoms with Crippen LogP contribution in [-0.2, 0) is 23.9 Å². The maximum Gasteiger partial charge on any atom is 0.320 e. The van der Waals surface area contributed by atoms with Crippen LogP contribution in [-0.4, -0.2) is 31.9 Å². The molecular weight excluding hydrogens is 212 g/mol. The molecule has 5 heteroatoms. The van der Waals surface area contributed by atoms with Crippen molar-refractivity contribution in [2.24, 2.45) is 11.8 Å². The van der Waals surface area contributed by atoms with Crippen molar-refractivity contribution in [3.05, 3.63) is 12.2 Å². The molecule has 1 rings (SSSR count). The Hall–Kier alpha value is -1.65. The largest absolute Gasteiger partial charge is 0.468 e. The molecule has 0 saturated heterocycles. The summed E-state index contributed by atoms with van der Waals surface area (Å²) in [4.78, 5) is 33.9. The Morgan fingerprint density at radius 3 is 2.25 bits per heavy atom. The third-order valence-corrected chi connectivity index (χ3v) is 2.59. The lowest BCUT2D eigenvalue weighted by Crippen LogP contribution is -2.33. The van der Waals surface area contributed by atoms with E-state index in [1.165, 1.54) is 20.3 Å². The van der Waals surface area contributed by atoms with Crippen molar-refractivity contribution in [1.82, 2.24) is 0 Å². The molecule has 1 aliphatic carbocycles. The molecule has 0 fully saturated rings. The Kier molecular flexibility index (Phi) is 4.22. The Bertz CT molecular complexity index is 315. The number of rotatable bonds is 3. The Labute approximate surface area is 93.4 Å². The number of ether oxygens (including phenoxy) is 2. The van der Waals surface area contributed by atoms with Crippen LogP contribution in [0, 0.1) is 11.8 Å². The van der Waals surface area contributed by atoms with Gasteiger partial charge in [-0.2, -0.15) is 0 Å². The van der Waals surface area contributed by atoms with Crippen LogP contribution in [0.1, 0.15) is 12.8 Å². The second kappa shape index (κ2) is 5.44. The van der Waals surface area contributed by atoms with E-state index in [0.29, 0.717) is 12.8 Å². The van der Waals surface area contributed by atoms with E-state index >= 15 is 0 Å². The zero-order chi connectivity index (χ0) is 12.1. The van der Waals surface area contributed by atoms with Crippen molar-refractivity contribution in [2.75, 3.05) is 14.2 Å². The smallest absolute Gasteiger partial charge is 0.320 e. The second-order valence-electron chi connectivity index (χ2n) is 3.55. The van der Waals surface area contributed by atoms with Crippen molar-refractivity contribution in [3.8, 4) is 0 Å². The number of ketones is 1. The summed E-state index contributed by atoms with van der Waals surface area (Å²) in [7, 11) is 2.44. The Morgan fingerprint density at radius 1 is 1.31 bits per heavy atom. The number of allylic oxidation sites excluding steroid dienone is 2. The van der Waals surface area contributed by atoms with E-state index in [1.54, 1.807) is 6.08 Å². The van der Waals surface area contributed by atoms with E-state index < -0.39 is 17.9 Å². The molecule has 0 saturated carbocycles. The van der Waals surface area contributed by atoms with Gasteiger partial charge in [0.15, 0.2) is 11.7 Å². The van der Waals surface area contributed by atoms with Gasteiger partial charge in [-0.1, -0.05) is 6.08 Å². The minimum atomic E-state index is -0.973. The highest BCUT2D eigenvalue weighted by molar-refractivity contribution is 5.96. The van der Waals surface area contributed by atoms with Gasteiger partial charge in [0.2, 0.25) is 0 Å². The molecule has 5 nitrogen and oxygen atoms in total. The van der Waals surface area contributed by atoms with Gasteiger partial charge in [0.05, 0.1) is 14.2 Å². The molecule has 0 aromatic rings. The quantitative estimate of drug-likeness (QED) is 0.517. The number of hydrogen-bond acceptors (Lipinski definition) is 5. The Morgan fingerprint density at radius 2 is 1.88 bits per heavy atom. The van der Waals surface area contributed by atoms with E-state index in [4.69, 9.17) is 0 Å². The van der Waals surface area contributed by atoms with E-state index in [0.717, 1.165) is 0 Å². The summed E-state index contributed by atoms with van der Waals surface area (Å²) in [5, 5.41) is 0. The molecular formula is C11H14O5. The predicted molar refractivity (Wildman–Crippen MR) is 54.4 cm³/mol. The van der Waals surface area contributed by atoms with Crippen LogP contribution in [0.5, 0.6) is 0 Å². The van der Waals surface area contributed by atoms with Crippen LogP contribution in [0.2, 0.25) is 0 Å². The summed E-state index contributed by atoms with van der Waals surface area (Å²) in [6.07, 6.45) is 3.77. The molecule has 0 bridgehead atoms. The van der Waals surface area contributed by atoms with Gasteiger partial charge in [-0.25, -0.2) is 0 Å². The van der Waals surface area contributed by atoms with Crippen LogP contribution < -0.4 is 0 Å². The monoisotopic (exact) mass is 226 g/mol. The van der Waals surface area contributed by atoms with Crippen LogP contribution >= 0.6 is 0 Å². The third kappa shape index (κ3) is 2.68. The first-order valence-corrected chi connectivity index (χ1v) is 4.96. The number of hydrogen-bond donors (Lipinski definition) is 0. The molecule has 0 N–H and O–H groups in total. The third-order valence-electron chi connectivity index (χ3n) is 2.59. The lowest BCUT2D eigenvalue weighted by Gasteiger charge is -2.22. The molecule has 0 aromatic heterocycles. The van der Waals surface area contributed by atoms with E-state index in [9.17, 15) is 14.4 Å². The number of carbonyl (C=O) groups is 3. The summed E-state index contributed by atoms with van der Waals surface area (Å²) in [5.74, 6) is -2.55. The van der Waals surface area contributed by atoms with Gasteiger partial charge in [0.25, 0.3) is 0 Å². The zero-order valence-corrected chi connectivity index (χ0v) is 9.26. The molecule has 0 heterocycles. The SMILES string of the molecule is COC(=O)C(C(=O)OC)C1C=CC(=O)CC1. The van der Waals surface area contributed by atoms with Crippen LogP contribution in [0.15, 0.2) is 12.2 Å². The fourth-order valence-corrected chi connectivity index (χ4v) is 1.70. The first-order valence-electron chi connectivity index (χ1n) is 4.96. The summed E-state index contributed by atoms with van der Waals surface area (Å²) < 4.78 is 9.11. The summed E-state index contributed by atoms with van der Waals surface area (Å²) in [6, 6.07) is 0. The predicted octanol–water partition coefficient (Wildman–Crippen LogP) is 0.484. The van der Waals surface area contributed by atoms with Crippen molar-refractivity contribution >= 4 is 17.7 Å². The lowest BCUT2D eigenvalue weighted by atomic mass is 9.84. The van der Waals surface area contributed by atoms with Gasteiger partial charge in [-0.3, -0.25) is 14.4 Å². The van der Waals surface area contributed by atoms with E-state index in [2.05, 4.69) is 9.47 Å². The Balaban J connectivity index is 2.85. The van der Waals surface area contributed by atoms with E-state index in [-0.39, 0.29) is 11.7 Å². The summed E-state index contributed by atoms with van der Waals surface area (Å²) in [5.41, 5.74) is 0. The van der Waals surface area contributed by atoms with Crippen molar-refractivity contribution in [2.45, 2.75) is 12.8 Å². The fourth-order valence-electron chi connectivity index (χ4n) is 1.70. The molecule has 1 unspecified atom stereocenters. The zero-order valence-electron chi connectivity index (χ0n) is 9.26. The normalized spacial score (nSPS) is 19.7. The van der Waals surface area contributed by atoms with Crippen LogP contribution in [0.3, 0.4) is 0 Å². The molecule has 1 aliphatic rings. The number of carbonyl (C=O) groups excluding carboxylic acids is 3. The standard InChI is InChI=1S/C11H14O5/c1-15-10(13)9(11(14)16-2)7-3-5-8(12)6-4-7/h3,5,7,9H,4,6H2,1-2H3. The number of esters is 2. The second-order valence-corrected chi connectivity index (χ2v) is 3.55. The molecule has 88 valence electrons. The van der Waals surface area contributed by atoms with Gasteiger partial charge >= 0.3 is 11.9 Å². The average Bonchev–Trinajstić information content (AvgIpc) is 2.31. The molecule has 0 radical (unpaired) electrons. The maximum absolute atomic E-state index is 11.5. The molecule has 0 amide bonds. The fraction of sp³-hybridized carbons (Fsp3) is 0.545. The van der Waals surface area contributed by atoms with Gasteiger partial charge in [-0.15, -0.1) is 0 Å². The molecule has 0 aliphatic heterocycles. The number of methoxy groups -OCH3 is 2. The minimum absolute atomic E-state index is 0.00438. The topological polar surface area (TPSA) is 69.7 Å². The van der Waals surface area contributed by atoms with Gasteiger partial charge in [0.1, 0.15) is 0 Å². The first kappa shape index (κ1) is 12.4. The van der Waals surface area contributed by atoms with Gasteiger partial charge in [-0.05, 0) is 12.5 Å². The molecule has 0 aromatic carbocycles. The van der Waals surface area contributed by atoms with Crippen molar-refractivity contribution in [1.29, 1.82) is 0 Å². The van der Waals surface area contributed by atoms with Gasteiger partial charge in [0, 0.05) is 12.3 Å². The molecule has 16 heavy (non-hydrogen) atoms. The highest BCUT2D eigenvalue weighted by atomic mass is 16.5. The van der Waals surface area contributed by atoms with Crippen LogP contribution in [0.25, 0.3) is 0 Å². The van der Waals surface area contributed by atoms with Crippen LogP contribution in [0.4, 0.5) is 0 Å².